The lowest BCUT2D eigenvalue weighted by atomic mass is 9.96. The van der Waals surface area contributed by atoms with Crippen LogP contribution in [0.15, 0.2) is 36.7 Å². The number of benzene rings is 1. The van der Waals surface area contributed by atoms with E-state index in [9.17, 15) is 5.26 Å². The van der Waals surface area contributed by atoms with E-state index in [-0.39, 0.29) is 5.41 Å². The molecule has 1 aromatic heterocycles. The average Bonchev–Trinajstić information content (AvgIpc) is 2.75. The van der Waals surface area contributed by atoms with Gasteiger partial charge >= 0.3 is 0 Å². The Morgan fingerprint density at radius 3 is 2.42 bits per heavy atom. The maximum Gasteiger partial charge on any atom is 0.174 e. The summed E-state index contributed by atoms with van der Waals surface area (Å²) in [5.74, 6) is 0.741. The van der Waals surface area contributed by atoms with Gasteiger partial charge < -0.3 is 9.80 Å². The Morgan fingerprint density at radius 1 is 1.06 bits per heavy atom. The Morgan fingerprint density at radius 2 is 1.77 bits per heavy atom. The number of aromatic nitrogens is 2. The first-order chi connectivity index (χ1) is 14.8. The molecule has 2 aliphatic rings. The summed E-state index contributed by atoms with van der Waals surface area (Å²) in [6.45, 7) is 12.5. The van der Waals surface area contributed by atoms with Crippen LogP contribution in [0.3, 0.4) is 0 Å². The lowest BCUT2D eigenvalue weighted by Gasteiger charge is -2.41. The van der Waals surface area contributed by atoms with Crippen molar-refractivity contribution in [1.29, 1.82) is 5.26 Å². The number of hydrogen-bond acceptors (Lipinski definition) is 7. The molecule has 0 bridgehead atoms. The van der Waals surface area contributed by atoms with Gasteiger partial charge in [0.25, 0.3) is 0 Å². The monoisotopic (exact) mass is 417 g/mol. The van der Waals surface area contributed by atoms with Crippen molar-refractivity contribution in [3.63, 3.8) is 0 Å². The third kappa shape index (κ3) is 4.97. The number of nitriles is 1. The van der Waals surface area contributed by atoms with Gasteiger partial charge in [0.05, 0.1) is 12.7 Å². The summed E-state index contributed by atoms with van der Waals surface area (Å²) in [4.78, 5) is 13.8. The highest BCUT2D eigenvalue weighted by atomic mass is 15.6. The van der Waals surface area contributed by atoms with E-state index < -0.39 is 0 Å². The van der Waals surface area contributed by atoms with Crippen LogP contribution in [-0.2, 0) is 6.54 Å². The topological polar surface area (TPSA) is 62.5 Å². The van der Waals surface area contributed by atoms with Crippen molar-refractivity contribution in [1.82, 2.24) is 19.9 Å². The molecule has 1 aromatic carbocycles. The number of rotatable bonds is 4. The lowest BCUT2D eigenvalue weighted by Crippen LogP contribution is -2.46. The van der Waals surface area contributed by atoms with Gasteiger partial charge in [-0.25, -0.2) is 9.97 Å². The third-order valence-corrected chi connectivity index (χ3v) is 5.63. The van der Waals surface area contributed by atoms with Crippen molar-refractivity contribution in [3.8, 4) is 6.07 Å². The molecular formula is C24H31N7. The SMILES string of the molecule is CN1CCN(c2ccc(CN3C=Cc4ncc(C#N)nc4N3CC(C)(C)C)cc2)CC1. The summed E-state index contributed by atoms with van der Waals surface area (Å²) in [6.07, 6.45) is 5.57. The Bertz CT molecular complexity index is 976. The largest absolute Gasteiger partial charge is 0.369 e. The maximum absolute atomic E-state index is 9.30. The normalized spacial score (nSPS) is 16.9. The minimum Gasteiger partial charge on any atom is -0.369 e. The Balaban J connectivity index is 1.54. The molecule has 0 unspecified atom stereocenters. The summed E-state index contributed by atoms with van der Waals surface area (Å²) < 4.78 is 0. The predicted octanol–water partition coefficient (Wildman–Crippen LogP) is 3.35. The molecule has 2 aliphatic heterocycles. The number of nitrogens with zero attached hydrogens (tertiary/aromatic N) is 7. The van der Waals surface area contributed by atoms with Crippen LogP contribution in [-0.4, -0.2) is 59.6 Å². The molecule has 3 heterocycles. The van der Waals surface area contributed by atoms with E-state index in [1.165, 1.54) is 17.4 Å². The summed E-state index contributed by atoms with van der Waals surface area (Å²) in [5, 5.41) is 13.6. The smallest absolute Gasteiger partial charge is 0.174 e. The second-order valence-electron chi connectivity index (χ2n) is 9.56. The van der Waals surface area contributed by atoms with Gasteiger partial charge in [-0.3, -0.25) is 10.0 Å². The summed E-state index contributed by atoms with van der Waals surface area (Å²) in [7, 11) is 2.18. The first-order valence-electron chi connectivity index (χ1n) is 10.8. The van der Waals surface area contributed by atoms with E-state index in [0.717, 1.165) is 50.8 Å². The molecule has 0 N–H and O–H groups in total. The van der Waals surface area contributed by atoms with Crippen LogP contribution in [0.2, 0.25) is 0 Å². The Kier molecular flexibility index (Phi) is 5.84. The van der Waals surface area contributed by atoms with E-state index in [2.05, 4.69) is 94.1 Å². The molecule has 7 heteroatoms. The molecule has 7 nitrogen and oxygen atoms in total. The van der Waals surface area contributed by atoms with Crippen molar-refractivity contribution < 1.29 is 0 Å². The third-order valence-electron chi connectivity index (χ3n) is 5.63. The van der Waals surface area contributed by atoms with Gasteiger partial charge in [-0.15, -0.1) is 0 Å². The van der Waals surface area contributed by atoms with Gasteiger partial charge in [-0.2, -0.15) is 5.26 Å². The molecule has 0 spiro atoms. The van der Waals surface area contributed by atoms with Crippen molar-refractivity contribution in [2.75, 3.05) is 49.7 Å². The highest BCUT2D eigenvalue weighted by Crippen LogP contribution is 2.30. The standard InChI is InChI=1S/C24H31N7/c1-24(2,3)18-31-23-22(26-16-20(15-25)27-23)9-10-30(31)17-19-5-7-21(8-6-19)29-13-11-28(4)12-14-29/h5-10,16H,11-14,17-18H2,1-4H3. The molecule has 162 valence electrons. The van der Waals surface area contributed by atoms with Crippen LogP contribution >= 0.6 is 0 Å². The maximum atomic E-state index is 9.30. The number of anilines is 2. The minimum absolute atomic E-state index is 0.0519. The second-order valence-corrected chi connectivity index (χ2v) is 9.56. The van der Waals surface area contributed by atoms with Gasteiger partial charge in [0.1, 0.15) is 11.8 Å². The van der Waals surface area contributed by atoms with Crippen LogP contribution in [0.1, 0.15) is 37.7 Å². The molecular weight excluding hydrogens is 386 g/mol. The number of hydrazine groups is 1. The van der Waals surface area contributed by atoms with Gasteiger partial charge in [0.15, 0.2) is 11.5 Å². The van der Waals surface area contributed by atoms with Gasteiger partial charge in [0, 0.05) is 44.6 Å². The Labute approximate surface area is 185 Å². The van der Waals surface area contributed by atoms with Crippen LogP contribution in [0.4, 0.5) is 11.5 Å². The van der Waals surface area contributed by atoms with Gasteiger partial charge in [-0.1, -0.05) is 32.9 Å². The molecule has 4 rings (SSSR count). The average molecular weight is 418 g/mol. The number of likely N-dealkylation sites (N-methyl/N-ethyl adjacent to an activating group) is 1. The van der Waals surface area contributed by atoms with Crippen molar-refractivity contribution >= 4 is 17.6 Å². The molecule has 0 atom stereocenters. The number of hydrogen-bond donors (Lipinski definition) is 0. The highest BCUT2D eigenvalue weighted by molar-refractivity contribution is 5.64. The number of fused-ring (bicyclic) bond motifs is 1. The fourth-order valence-electron chi connectivity index (χ4n) is 3.93. The summed E-state index contributed by atoms with van der Waals surface area (Å²) in [5.41, 5.74) is 3.70. The summed E-state index contributed by atoms with van der Waals surface area (Å²) >= 11 is 0. The molecule has 0 amide bonds. The van der Waals surface area contributed by atoms with Crippen molar-refractivity contribution in [2.45, 2.75) is 27.3 Å². The van der Waals surface area contributed by atoms with Crippen molar-refractivity contribution in [2.24, 2.45) is 5.41 Å². The second kappa shape index (κ2) is 8.56. The molecule has 0 aliphatic carbocycles. The van der Waals surface area contributed by atoms with Crippen molar-refractivity contribution in [3.05, 3.63) is 53.6 Å². The van der Waals surface area contributed by atoms with Crippen LogP contribution < -0.4 is 9.91 Å². The van der Waals surface area contributed by atoms with E-state index >= 15 is 0 Å². The predicted molar refractivity (Wildman–Crippen MR) is 124 cm³/mol. The zero-order valence-corrected chi connectivity index (χ0v) is 18.9. The van der Waals surface area contributed by atoms with Crippen LogP contribution in [0.25, 0.3) is 6.08 Å². The molecule has 2 aromatic rings. The van der Waals surface area contributed by atoms with E-state index in [4.69, 9.17) is 0 Å². The minimum atomic E-state index is 0.0519. The molecule has 1 saturated heterocycles. The molecule has 1 fully saturated rings. The molecule has 0 radical (unpaired) electrons. The first-order valence-corrected chi connectivity index (χ1v) is 10.8. The first kappa shape index (κ1) is 21.1. The summed E-state index contributed by atoms with van der Waals surface area (Å²) in [6, 6.07) is 11.0. The lowest BCUT2D eigenvalue weighted by molar-refractivity contribution is 0.273. The van der Waals surface area contributed by atoms with Gasteiger partial charge in [0.2, 0.25) is 0 Å². The zero-order valence-electron chi connectivity index (χ0n) is 18.9. The highest BCUT2D eigenvalue weighted by Gasteiger charge is 2.27. The fraction of sp³-hybridized carbons (Fsp3) is 0.458. The fourth-order valence-corrected chi connectivity index (χ4v) is 3.93. The molecule has 0 saturated carbocycles. The molecule has 31 heavy (non-hydrogen) atoms. The Hall–Kier alpha value is -3.11. The van der Waals surface area contributed by atoms with Crippen LogP contribution in [0.5, 0.6) is 0 Å². The zero-order chi connectivity index (χ0) is 22.0. The number of piperazine rings is 1. The van der Waals surface area contributed by atoms with Crippen LogP contribution in [0, 0.1) is 16.7 Å². The van der Waals surface area contributed by atoms with Gasteiger partial charge in [-0.05, 0) is 36.2 Å². The van der Waals surface area contributed by atoms with E-state index in [1.54, 1.807) is 0 Å². The quantitative estimate of drug-likeness (QED) is 0.756. The van der Waals surface area contributed by atoms with E-state index in [0.29, 0.717) is 5.69 Å². The van der Waals surface area contributed by atoms with E-state index in [1.807, 2.05) is 6.08 Å².